The van der Waals surface area contributed by atoms with Gasteiger partial charge in [0.25, 0.3) is 0 Å². The normalized spacial score (nSPS) is 9.00. The summed E-state index contributed by atoms with van der Waals surface area (Å²) in [5.41, 5.74) is 0. The third-order valence-corrected chi connectivity index (χ3v) is 1.78. The Morgan fingerprint density at radius 2 is 2.07 bits per heavy atom. The minimum absolute atomic E-state index is 0. The van der Waals surface area contributed by atoms with Gasteiger partial charge in [0, 0.05) is 5.02 Å². The highest BCUT2D eigenvalue weighted by Crippen LogP contribution is 2.27. The highest BCUT2D eigenvalue weighted by atomic mass is 35.5. The number of hydrogen-bond acceptors (Lipinski definition) is 2. The SMILES string of the molecule is C.O=C(O)COc1ccc(Cl)cc1Cl. The van der Waals surface area contributed by atoms with Crippen LogP contribution in [-0.2, 0) is 4.79 Å². The van der Waals surface area contributed by atoms with Crippen molar-refractivity contribution in [1.82, 2.24) is 0 Å². The van der Waals surface area contributed by atoms with Crippen molar-refractivity contribution in [2.24, 2.45) is 0 Å². The summed E-state index contributed by atoms with van der Waals surface area (Å²) < 4.78 is 4.86. The van der Waals surface area contributed by atoms with Gasteiger partial charge in [0.1, 0.15) is 5.75 Å². The summed E-state index contributed by atoms with van der Waals surface area (Å²) in [6.07, 6.45) is 0. The first-order valence-corrected chi connectivity index (χ1v) is 4.15. The summed E-state index contributed by atoms with van der Waals surface area (Å²) in [6, 6.07) is 4.58. The van der Waals surface area contributed by atoms with Gasteiger partial charge in [-0.05, 0) is 18.2 Å². The monoisotopic (exact) mass is 236 g/mol. The quantitative estimate of drug-likeness (QED) is 0.878. The molecule has 1 rings (SSSR count). The van der Waals surface area contributed by atoms with Crippen LogP contribution in [0.2, 0.25) is 10.0 Å². The summed E-state index contributed by atoms with van der Waals surface area (Å²) in [6.45, 7) is -0.415. The molecule has 0 saturated heterocycles. The fourth-order valence-electron chi connectivity index (χ4n) is 0.732. The lowest BCUT2D eigenvalue weighted by Gasteiger charge is -2.04. The summed E-state index contributed by atoms with van der Waals surface area (Å²) in [4.78, 5) is 10.2. The van der Waals surface area contributed by atoms with Gasteiger partial charge >= 0.3 is 5.97 Å². The topological polar surface area (TPSA) is 46.5 Å². The molecule has 0 atom stereocenters. The van der Waals surface area contributed by atoms with Crippen LogP contribution >= 0.6 is 23.2 Å². The number of hydrogen-bond donors (Lipinski definition) is 1. The molecule has 0 unspecified atom stereocenters. The van der Waals surface area contributed by atoms with Crippen LogP contribution in [0.25, 0.3) is 0 Å². The standard InChI is InChI=1S/C8H6Cl2O3.CH4/c9-5-1-2-7(6(10)3-5)13-4-8(11)12;/h1-3H,4H2,(H,11,12);1H4. The molecule has 1 N–H and O–H groups in total. The van der Waals surface area contributed by atoms with E-state index in [1.165, 1.54) is 12.1 Å². The van der Waals surface area contributed by atoms with Gasteiger partial charge in [-0.15, -0.1) is 0 Å². The first-order valence-electron chi connectivity index (χ1n) is 3.39. The molecular weight excluding hydrogens is 227 g/mol. The molecule has 0 saturated carbocycles. The predicted octanol–water partition coefficient (Wildman–Crippen LogP) is 3.09. The van der Waals surface area contributed by atoms with Crippen LogP contribution in [0.1, 0.15) is 7.43 Å². The van der Waals surface area contributed by atoms with Crippen LogP contribution in [0.3, 0.4) is 0 Å². The second-order valence-corrected chi connectivity index (χ2v) is 3.10. The van der Waals surface area contributed by atoms with E-state index in [9.17, 15) is 4.79 Å². The molecule has 0 aliphatic rings. The summed E-state index contributed by atoms with van der Waals surface area (Å²) in [7, 11) is 0. The number of carboxylic acid groups (broad SMARTS) is 1. The van der Waals surface area contributed by atoms with E-state index < -0.39 is 12.6 Å². The molecule has 0 heterocycles. The van der Waals surface area contributed by atoms with Crippen molar-refractivity contribution in [3.63, 3.8) is 0 Å². The highest BCUT2D eigenvalue weighted by molar-refractivity contribution is 6.35. The van der Waals surface area contributed by atoms with E-state index in [0.29, 0.717) is 15.8 Å². The Labute approximate surface area is 92.2 Å². The predicted molar refractivity (Wildman–Crippen MR) is 56.3 cm³/mol. The van der Waals surface area contributed by atoms with E-state index in [0.717, 1.165) is 0 Å². The van der Waals surface area contributed by atoms with Gasteiger partial charge in [-0.1, -0.05) is 30.6 Å². The molecule has 0 fully saturated rings. The van der Waals surface area contributed by atoms with Crippen molar-refractivity contribution < 1.29 is 14.6 Å². The first-order chi connectivity index (χ1) is 6.09. The average Bonchev–Trinajstić information content (AvgIpc) is 2.02. The Bertz CT molecular complexity index is 326. The molecule has 0 spiro atoms. The van der Waals surface area contributed by atoms with Crippen LogP contribution in [0, 0.1) is 0 Å². The molecule has 0 amide bonds. The zero-order valence-electron chi connectivity index (χ0n) is 6.46. The number of carboxylic acids is 1. The van der Waals surface area contributed by atoms with Gasteiger partial charge in [-0.25, -0.2) is 4.79 Å². The molecule has 0 aromatic heterocycles. The maximum atomic E-state index is 10.2. The Kier molecular flexibility index (Phi) is 5.35. The van der Waals surface area contributed by atoms with Crippen LogP contribution in [0.5, 0.6) is 5.75 Å². The third-order valence-electron chi connectivity index (χ3n) is 1.25. The third kappa shape index (κ3) is 3.85. The van der Waals surface area contributed by atoms with E-state index in [1.807, 2.05) is 0 Å². The maximum Gasteiger partial charge on any atom is 0.341 e. The van der Waals surface area contributed by atoms with Gasteiger partial charge in [0.05, 0.1) is 5.02 Å². The number of rotatable bonds is 3. The molecule has 0 aliphatic carbocycles. The van der Waals surface area contributed by atoms with Crippen LogP contribution in [0.15, 0.2) is 18.2 Å². The summed E-state index contributed by atoms with van der Waals surface area (Å²) >= 11 is 11.3. The van der Waals surface area contributed by atoms with Crippen molar-refractivity contribution >= 4 is 29.2 Å². The van der Waals surface area contributed by atoms with Crippen molar-refractivity contribution in [2.45, 2.75) is 7.43 Å². The summed E-state index contributed by atoms with van der Waals surface area (Å²) in [5, 5.41) is 9.11. The van der Waals surface area contributed by atoms with E-state index in [2.05, 4.69) is 0 Å². The van der Waals surface area contributed by atoms with Gasteiger partial charge in [0.15, 0.2) is 6.61 Å². The van der Waals surface area contributed by atoms with Crippen molar-refractivity contribution in [3.05, 3.63) is 28.2 Å². The van der Waals surface area contributed by atoms with Gasteiger partial charge in [-0.3, -0.25) is 0 Å². The number of benzene rings is 1. The molecular formula is C9H10Cl2O3. The van der Waals surface area contributed by atoms with Gasteiger partial charge in [-0.2, -0.15) is 0 Å². The van der Waals surface area contributed by atoms with E-state index in [4.69, 9.17) is 33.0 Å². The molecule has 1 aromatic rings. The lowest BCUT2D eigenvalue weighted by atomic mass is 10.3. The van der Waals surface area contributed by atoms with Crippen molar-refractivity contribution in [3.8, 4) is 5.75 Å². The number of ether oxygens (including phenoxy) is 1. The van der Waals surface area contributed by atoms with Crippen molar-refractivity contribution in [1.29, 1.82) is 0 Å². The lowest BCUT2D eigenvalue weighted by Crippen LogP contribution is -2.09. The fourth-order valence-corrected chi connectivity index (χ4v) is 1.19. The smallest absolute Gasteiger partial charge is 0.341 e. The second-order valence-electron chi connectivity index (χ2n) is 2.26. The summed E-state index contributed by atoms with van der Waals surface area (Å²) in [5.74, 6) is -0.737. The van der Waals surface area contributed by atoms with Crippen LogP contribution in [-0.4, -0.2) is 17.7 Å². The van der Waals surface area contributed by atoms with E-state index in [1.54, 1.807) is 6.07 Å². The average molecular weight is 237 g/mol. The molecule has 14 heavy (non-hydrogen) atoms. The first kappa shape index (κ1) is 13.1. The minimum Gasteiger partial charge on any atom is -0.480 e. The Morgan fingerprint density at radius 1 is 1.43 bits per heavy atom. The Morgan fingerprint density at radius 3 is 2.57 bits per heavy atom. The second kappa shape index (κ2) is 5.73. The zero-order chi connectivity index (χ0) is 9.84. The molecule has 0 aliphatic heterocycles. The Balaban J connectivity index is 0.00000169. The molecule has 0 bridgehead atoms. The molecule has 3 nitrogen and oxygen atoms in total. The van der Waals surface area contributed by atoms with E-state index in [-0.39, 0.29) is 7.43 Å². The Hall–Kier alpha value is -0.930. The highest BCUT2D eigenvalue weighted by Gasteiger charge is 2.04. The zero-order valence-corrected chi connectivity index (χ0v) is 7.97. The maximum absolute atomic E-state index is 10.2. The van der Waals surface area contributed by atoms with Crippen molar-refractivity contribution in [2.75, 3.05) is 6.61 Å². The van der Waals surface area contributed by atoms with Crippen LogP contribution < -0.4 is 4.74 Å². The van der Waals surface area contributed by atoms with Crippen LogP contribution in [0.4, 0.5) is 0 Å². The molecule has 0 radical (unpaired) electrons. The fraction of sp³-hybridized carbons (Fsp3) is 0.222. The van der Waals surface area contributed by atoms with Gasteiger partial charge < -0.3 is 9.84 Å². The van der Waals surface area contributed by atoms with E-state index >= 15 is 0 Å². The molecule has 78 valence electrons. The largest absolute Gasteiger partial charge is 0.480 e. The minimum atomic E-state index is -1.05. The number of carbonyl (C=O) groups is 1. The number of aliphatic carboxylic acids is 1. The lowest BCUT2D eigenvalue weighted by molar-refractivity contribution is -0.139. The molecule has 5 heteroatoms. The molecule has 1 aromatic carbocycles. The number of halogens is 2. The van der Waals surface area contributed by atoms with Gasteiger partial charge in [0.2, 0.25) is 0 Å².